The van der Waals surface area contributed by atoms with E-state index in [1.165, 1.54) is 6.07 Å². The zero-order chi connectivity index (χ0) is 13.3. The number of halogens is 1. The van der Waals surface area contributed by atoms with Crippen molar-refractivity contribution in [2.45, 2.75) is 26.4 Å². The fraction of sp³-hybridized carbons (Fsp3) is 0.250. The van der Waals surface area contributed by atoms with E-state index in [9.17, 15) is 9.50 Å². The molecule has 0 radical (unpaired) electrons. The Balaban J connectivity index is 2.61. The molecule has 1 N–H and O–H groups in total. The molecule has 0 saturated carbocycles. The van der Waals surface area contributed by atoms with Crippen molar-refractivity contribution in [2.24, 2.45) is 0 Å². The number of rotatable bonds is 2. The van der Waals surface area contributed by atoms with Crippen LogP contribution in [0.25, 0.3) is 0 Å². The minimum Gasteiger partial charge on any atom is -0.381 e. The van der Waals surface area contributed by atoms with Gasteiger partial charge in [0.25, 0.3) is 0 Å². The van der Waals surface area contributed by atoms with Gasteiger partial charge in [-0.2, -0.15) is 0 Å². The van der Waals surface area contributed by atoms with Gasteiger partial charge in [0.05, 0.1) is 0 Å². The lowest BCUT2D eigenvalue weighted by Crippen LogP contribution is -2.25. The average molecular weight is 244 g/mol. The maximum Gasteiger partial charge on any atom is 0.130 e. The SMILES string of the molecule is Cc1cc(C)c(C(C)(O)c2ccccc2)c(F)c1. The van der Waals surface area contributed by atoms with Crippen molar-refractivity contribution in [3.05, 3.63) is 70.5 Å². The zero-order valence-corrected chi connectivity index (χ0v) is 10.9. The highest BCUT2D eigenvalue weighted by Crippen LogP contribution is 2.33. The lowest BCUT2D eigenvalue weighted by molar-refractivity contribution is 0.0972. The van der Waals surface area contributed by atoms with Crippen LogP contribution in [0.4, 0.5) is 4.39 Å². The van der Waals surface area contributed by atoms with Crippen LogP contribution in [0.3, 0.4) is 0 Å². The van der Waals surface area contributed by atoms with Gasteiger partial charge < -0.3 is 5.11 Å². The van der Waals surface area contributed by atoms with Crippen LogP contribution in [0, 0.1) is 19.7 Å². The van der Waals surface area contributed by atoms with Crippen molar-refractivity contribution in [3.63, 3.8) is 0 Å². The first-order valence-electron chi connectivity index (χ1n) is 5.98. The Hall–Kier alpha value is -1.67. The first kappa shape index (κ1) is 12.8. The number of aliphatic hydroxyl groups is 1. The molecule has 1 atom stereocenters. The molecule has 2 rings (SSSR count). The third-order valence-corrected chi connectivity index (χ3v) is 3.25. The molecule has 0 aromatic heterocycles. The molecule has 0 fully saturated rings. The molecule has 18 heavy (non-hydrogen) atoms. The molecule has 0 saturated heterocycles. The largest absolute Gasteiger partial charge is 0.381 e. The summed E-state index contributed by atoms with van der Waals surface area (Å²) in [5.74, 6) is -0.360. The summed E-state index contributed by atoms with van der Waals surface area (Å²) in [5, 5.41) is 10.7. The molecule has 1 nitrogen and oxygen atoms in total. The van der Waals surface area contributed by atoms with Crippen LogP contribution in [0.2, 0.25) is 0 Å². The van der Waals surface area contributed by atoms with Crippen LogP contribution < -0.4 is 0 Å². The third-order valence-electron chi connectivity index (χ3n) is 3.25. The number of benzene rings is 2. The summed E-state index contributed by atoms with van der Waals surface area (Å²) >= 11 is 0. The number of hydrogen-bond acceptors (Lipinski definition) is 1. The van der Waals surface area contributed by atoms with Crippen LogP contribution in [0.5, 0.6) is 0 Å². The fourth-order valence-electron chi connectivity index (χ4n) is 2.44. The van der Waals surface area contributed by atoms with Gasteiger partial charge in [-0.3, -0.25) is 0 Å². The summed E-state index contributed by atoms with van der Waals surface area (Å²) in [4.78, 5) is 0. The van der Waals surface area contributed by atoms with Gasteiger partial charge in [0.2, 0.25) is 0 Å². The van der Waals surface area contributed by atoms with Crippen molar-refractivity contribution in [3.8, 4) is 0 Å². The molecule has 2 heteroatoms. The molecule has 0 spiro atoms. The van der Waals surface area contributed by atoms with Crippen molar-refractivity contribution < 1.29 is 9.50 Å². The van der Waals surface area contributed by atoms with E-state index in [4.69, 9.17) is 0 Å². The summed E-state index contributed by atoms with van der Waals surface area (Å²) in [6, 6.07) is 12.5. The highest BCUT2D eigenvalue weighted by molar-refractivity contribution is 5.42. The lowest BCUT2D eigenvalue weighted by Gasteiger charge is -2.27. The van der Waals surface area contributed by atoms with Gasteiger partial charge in [-0.15, -0.1) is 0 Å². The second-order valence-corrected chi connectivity index (χ2v) is 4.88. The molecule has 0 bridgehead atoms. The molecule has 2 aromatic carbocycles. The van der Waals surface area contributed by atoms with Crippen molar-refractivity contribution in [1.29, 1.82) is 0 Å². The Bertz CT molecular complexity index is 536. The normalized spacial score (nSPS) is 14.3. The van der Waals surface area contributed by atoms with Crippen LogP contribution in [0.15, 0.2) is 42.5 Å². The standard InChI is InChI=1S/C16H17FO/c1-11-9-12(2)15(14(17)10-11)16(3,18)13-7-5-4-6-8-13/h4-10,18H,1-3H3. The van der Waals surface area contributed by atoms with E-state index in [0.29, 0.717) is 11.1 Å². The summed E-state index contributed by atoms with van der Waals surface area (Å²) in [5.41, 5.74) is 1.34. The predicted octanol–water partition coefficient (Wildman–Crippen LogP) is 3.70. The van der Waals surface area contributed by atoms with Crippen LogP contribution in [-0.2, 0) is 5.60 Å². The minimum absolute atomic E-state index is 0.347. The van der Waals surface area contributed by atoms with Crippen molar-refractivity contribution in [1.82, 2.24) is 0 Å². The van der Waals surface area contributed by atoms with Gasteiger partial charge in [0.15, 0.2) is 0 Å². The average Bonchev–Trinajstić information content (AvgIpc) is 2.28. The molecule has 1 unspecified atom stereocenters. The van der Waals surface area contributed by atoms with Crippen molar-refractivity contribution in [2.75, 3.05) is 0 Å². The van der Waals surface area contributed by atoms with Gasteiger partial charge in [0.1, 0.15) is 11.4 Å². The van der Waals surface area contributed by atoms with Gasteiger partial charge in [-0.1, -0.05) is 36.4 Å². The second-order valence-electron chi connectivity index (χ2n) is 4.88. The van der Waals surface area contributed by atoms with Gasteiger partial charge in [-0.05, 0) is 43.5 Å². The quantitative estimate of drug-likeness (QED) is 0.854. The van der Waals surface area contributed by atoms with Crippen LogP contribution in [0.1, 0.15) is 29.2 Å². The first-order chi connectivity index (χ1) is 8.43. The molecule has 0 aliphatic heterocycles. The molecule has 94 valence electrons. The second kappa shape index (κ2) is 4.54. The highest BCUT2D eigenvalue weighted by Gasteiger charge is 2.30. The van der Waals surface area contributed by atoms with Gasteiger partial charge >= 0.3 is 0 Å². The van der Waals surface area contributed by atoms with E-state index < -0.39 is 5.60 Å². The van der Waals surface area contributed by atoms with E-state index in [2.05, 4.69) is 0 Å². The highest BCUT2D eigenvalue weighted by atomic mass is 19.1. The summed E-state index contributed by atoms with van der Waals surface area (Å²) < 4.78 is 14.1. The zero-order valence-electron chi connectivity index (χ0n) is 10.9. The molecule has 0 aliphatic carbocycles. The van der Waals surface area contributed by atoms with E-state index in [1.807, 2.05) is 38.1 Å². The van der Waals surface area contributed by atoms with E-state index in [-0.39, 0.29) is 5.82 Å². The molecule has 0 aliphatic rings. The fourth-order valence-corrected chi connectivity index (χ4v) is 2.44. The Morgan fingerprint density at radius 3 is 2.22 bits per heavy atom. The maximum absolute atomic E-state index is 14.1. The first-order valence-corrected chi connectivity index (χ1v) is 5.98. The smallest absolute Gasteiger partial charge is 0.130 e. The Morgan fingerprint density at radius 2 is 1.67 bits per heavy atom. The van der Waals surface area contributed by atoms with Crippen LogP contribution in [-0.4, -0.2) is 5.11 Å². The minimum atomic E-state index is -1.32. The molecule has 2 aromatic rings. The number of aryl methyl sites for hydroxylation is 2. The molecular formula is C16H17FO. The number of hydrogen-bond donors (Lipinski definition) is 1. The molecule has 0 heterocycles. The Labute approximate surface area is 107 Å². The topological polar surface area (TPSA) is 20.2 Å². The van der Waals surface area contributed by atoms with E-state index in [1.54, 1.807) is 19.1 Å². The van der Waals surface area contributed by atoms with Gasteiger partial charge in [-0.25, -0.2) is 4.39 Å². The third kappa shape index (κ3) is 2.16. The van der Waals surface area contributed by atoms with E-state index >= 15 is 0 Å². The van der Waals surface area contributed by atoms with Gasteiger partial charge in [0, 0.05) is 5.56 Å². The molecular weight excluding hydrogens is 227 g/mol. The molecule has 0 amide bonds. The summed E-state index contributed by atoms with van der Waals surface area (Å²) in [7, 11) is 0. The summed E-state index contributed by atoms with van der Waals surface area (Å²) in [6.45, 7) is 5.29. The predicted molar refractivity (Wildman–Crippen MR) is 71.0 cm³/mol. The maximum atomic E-state index is 14.1. The monoisotopic (exact) mass is 244 g/mol. The van der Waals surface area contributed by atoms with E-state index in [0.717, 1.165) is 11.1 Å². The van der Waals surface area contributed by atoms with Crippen LogP contribution >= 0.6 is 0 Å². The van der Waals surface area contributed by atoms with Crippen molar-refractivity contribution >= 4 is 0 Å². The Kier molecular flexibility index (Phi) is 3.22. The summed E-state index contributed by atoms with van der Waals surface area (Å²) in [6.07, 6.45) is 0. The lowest BCUT2D eigenvalue weighted by atomic mass is 9.84. The Morgan fingerprint density at radius 1 is 1.06 bits per heavy atom.